The topological polar surface area (TPSA) is 34.4 Å². The van der Waals surface area contributed by atoms with E-state index < -0.39 is 7.14 Å². The van der Waals surface area contributed by atoms with Crippen molar-refractivity contribution in [2.45, 2.75) is 0 Å². The Bertz CT molecular complexity index is 2940. The van der Waals surface area contributed by atoms with Crippen molar-refractivity contribution in [3.63, 3.8) is 0 Å². The lowest BCUT2D eigenvalue weighted by Gasteiger charge is -2.22. The van der Waals surface area contributed by atoms with Gasteiger partial charge in [-0.1, -0.05) is 152 Å². The molecule has 2 aromatic heterocycles. The van der Waals surface area contributed by atoms with Crippen LogP contribution in [0.15, 0.2) is 176 Å². The second-order valence-electron chi connectivity index (χ2n) is 12.9. The van der Waals surface area contributed by atoms with Gasteiger partial charge in [0, 0.05) is 26.7 Å². The summed E-state index contributed by atoms with van der Waals surface area (Å²) in [4.78, 5) is 5.02. The lowest BCUT2D eigenvalue weighted by Crippen LogP contribution is -2.25. The molecule has 0 radical (unpaired) electrons. The number of fused-ring (bicyclic) bond motifs is 9. The number of benzene rings is 7. The Balaban J connectivity index is 1.09. The van der Waals surface area contributed by atoms with Crippen molar-refractivity contribution in [3.8, 4) is 22.3 Å². The molecule has 10 rings (SSSR count). The van der Waals surface area contributed by atoms with Crippen LogP contribution in [-0.4, -0.2) is 9.38 Å². The highest BCUT2D eigenvalue weighted by molar-refractivity contribution is 7.85. The molecular formula is C47H29N2OP. The van der Waals surface area contributed by atoms with E-state index in [1.54, 1.807) is 0 Å². The molecule has 0 aliphatic rings. The Morgan fingerprint density at radius 2 is 1.16 bits per heavy atom. The van der Waals surface area contributed by atoms with E-state index in [0.29, 0.717) is 0 Å². The fourth-order valence-electron chi connectivity index (χ4n) is 7.72. The molecular weight excluding hydrogens is 640 g/mol. The van der Waals surface area contributed by atoms with Gasteiger partial charge < -0.3 is 4.57 Å². The first-order chi connectivity index (χ1) is 25.2. The molecule has 0 N–H and O–H groups in total. The van der Waals surface area contributed by atoms with Gasteiger partial charge in [-0.05, 0) is 74.8 Å². The zero-order valence-corrected chi connectivity index (χ0v) is 28.4. The lowest BCUT2D eigenvalue weighted by molar-refractivity contribution is 0.592. The first-order valence-corrected chi connectivity index (χ1v) is 18.8. The molecule has 238 valence electrons. The molecule has 0 saturated heterocycles. The largest absolute Gasteiger partial charge is 0.309 e. The van der Waals surface area contributed by atoms with E-state index >= 15 is 4.57 Å². The highest BCUT2D eigenvalue weighted by Gasteiger charge is 2.31. The Hall–Kier alpha value is -6.46. The van der Waals surface area contributed by atoms with Crippen molar-refractivity contribution in [2.75, 3.05) is 0 Å². The zero-order chi connectivity index (χ0) is 33.9. The minimum absolute atomic E-state index is 0.834. The van der Waals surface area contributed by atoms with Gasteiger partial charge in [0.25, 0.3) is 0 Å². The van der Waals surface area contributed by atoms with Crippen molar-refractivity contribution in [1.82, 2.24) is 9.38 Å². The molecule has 0 bridgehead atoms. The van der Waals surface area contributed by atoms with Crippen molar-refractivity contribution in [1.29, 1.82) is 0 Å². The second kappa shape index (κ2) is 11.6. The van der Waals surface area contributed by atoms with E-state index in [1.165, 1.54) is 10.8 Å². The van der Waals surface area contributed by atoms with Crippen LogP contribution in [0.25, 0.3) is 71.4 Å². The average Bonchev–Trinajstić information content (AvgIpc) is 3.61. The van der Waals surface area contributed by atoms with Crippen molar-refractivity contribution < 1.29 is 4.57 Å². The average molecular weight is 669 g/mol. The number of nitrogens with zero attached hydrogens (tertiary/aromatic N) is 2. The summed E-state index contributed by atoms with van der Waals surface area (Å²) < 4.78 is 17.6. The molecule has 0 atom stereocenters. The number of aromatic nitrogens is 2. The van der Waals surface area contributed by atoms with Gasteiger partial charge in [-0.15, -0.1) is 0 Å². The summed E-state index contributed by atoms with van der Waals surface area (Å²) in [5, 5.41) is 8.05. The lowest BCUT2D eigenvalue weighted by atomic mass is 9.95. The molecule has 0 unspecified atom stereocenters. The van der Waals surface area contributed by atoms with Gasteiger partial charge in [-0.3, -0.25) is 4.40 Å². The first kappa shape index (κ1) is 29.5. The smallest absolute Gasteiger partial charge is 0.171 e. The Morgan fingerprint density at radius 1 is 0.510 bits per heavy atom. The van der Waals surface area contributed by atoms with Gasteiger partial charge in [0.05, 0.1) is 11.0 Å². The minimum atomic E-state index is -3.15. The predicted molar refractivity (Wildman–Crippen MR) is 213 cm³/mol. The molecule has 0 fully saturated rings. The monoisotopic (exact) mass is 668 g/mol. The summed E-state index contributed by atoms with van der Waals surface area (Å²) in [6.45, 7) is 0. The van der Waals surface area contributed by atoms with Crippen LogP contribution in [0.2, 0.25) is 0 Å². The summed E-state index contributed by atoms with van der Waals surface area (Å²) in [5.74, 6) is 0. The molecule has 0 aliphatic heterocycles. The standard InChI is InChI=1S/C47H29N2OP/c50-51(35-13-3-1-4-14-35,36-15-5-2-6-16-36)46-24-12-19-38-37(18-11-20-40(38)46)33-27-25-32(26-28-33)34-29-30-41-42(31-34)39-17-7-9-22-44(39)49-45-23-10-8-21-43(45)48-47(41)49/h1-9,11-22,24-31H. The van der Waals surface area contributed by atoms with Gasteiger partial charge in [0.2, 0.25) is 0 Å². The molecule has 10 aromatic rings. The number of hydrogen-bond acceptors (Lipinski definition) is 2. The quantitative estimate of drug-likeness (QED) is 0.135. The minimum Gasteiger partial charge on any atom is -0.309 e. The van der Waals surface area contributed by atoms with E-state index in [1.807, 2.05) is 84.9 Å². The first-order valence-electron chi connectivity index (χ1n) is 17.1. The SMILES string of the molecule is O=P(c1ccccc1)(c1ccccc1)c1cccc2c(-c3ccc(-c4ccc5c(c4)c4ccccc4n4c6c#cccc6nc54)cc3)cccc12. The molecule has 4 heteroatoms. The fraction of sp³-hybridized carbons (Fsp3) is 0. The van der Waals surface area contributed by atoms with Gasteiger partial charge in [0.15, 0.2) is 7.14 Å². The number of para-hydroxylation sites is 1. The maximum absolute atomic E-state index is 15.4. The van der Waals surface area contributed by atoms with Crippen LogP contribution in [-0.2, 0) is 4.57 Å². The Labute approximate surface area is 295 Å². The van der Waals surface area contributed by atoms with Crippen LogP contribution in [0, 0.1) is 12.1 Å². The van der Waals surface area contributed by atoms with E-state index in [-0.39, 0.29) is 0 Å². The van der Waals surface area contributed by atoms with Crippen LogP contribution in [0.5, 0.6) is 0 Å². The molecule has 51 heavy (non-hydrogen) atoms. The molecule has 0 saturated carbocycles. The molecule has 0 amide bonds. The number of hydrogen-bond donors (Lipinski definition) is 0. The van der Waals surface area contributed by atoms with Gasteiger partial charge >= 0.3 is 0 Å². The summed E-state index contributed by atoms with van der Waals surface area (Å²) in [6, 6.07) is 66.6. The van der Waals surface area contributed by atoms with Gasteiger partial charge in [0.1, 0.15) is 11.2 Å². The van der Waals surface area contributed by atoms with Crippen molar-refractivity contribution in [2.24, 2.45) is 0 Å². The van der Waals surface area contributed by atoms with E-state index in [2.05, 4.69) is 108 Å². The predicted octanol–water partition coefficient (Wildman–Crippen LogP) is 10.5. The third kappa shape index (κ3) is 4.55. The van der Waals surface area contributed by atoms with Crippen LogP contribution < -0.4 is 15.9 Å². The summed E-state index contributed by atoms with van der Waals surface area (Å²) in [5.41, 5.74) is 8.39. The van der Waals surface area contributed by atoms with Crippen LogP contribution in [0.3, 0.4) is 0 Å². The van der Waals surface area contributed by atoms with Crippen molar-refractivity contribution in [3.05, 3.63) is 188 Å². The highest BCUT2D eigenvalue weighted by Crippen LogP contribution is 2.45. The maximum atomic E-state index is 15.4. The molecule has 3 nitrogen and oxygen atoms in total. The van der Waals surface area contributed by atoms with Crippen LogP contribution in [0.1, 0.15) is 0 Å². The van der Waals surface area contributed by atoms with Crippen LogP contribution >= 0.6 is 7.14 Å². The van der Waals surface area contributed by atoms with E-state index in [4.69, 9.17) is 4.98 Å². The van der Waals surface area contributed by atoms with Crippen molar-refractivity contribution >= 4 is 72.2 Å². The molecule has 2 heterocycles. The van der Waals surface area contributed by atoms with E-state index in [9.17, 15) is 0 Å². The highest BCUT2D eigenvalue weighted by atomic mass is 31.2. The van der Waals surface area contributed by atoms with Gasteiger partial charge in [-0.25, -0.2) is 4.98 Å². The fourth-order valence-corrected chi connectivity index (χ4v) is 10.6. The Morgan fingerprint density at radius 3 is 1.94 bits per heavy atom. The van der Waals surface area contributed by atoms with E-state index in [0.717, 1.165) is 76.5 Å². The normalized spacial score (nSPS) is 11.8. The molecule has 0 spiro atoms. The third-order valence-electron chi connectivity index (χ3n) is 10.1. The summed E-state index contributed by atoms with van der Waals surface area (Å²) >= 11 is 0. The number of imidazole rings is 1. The maximum Gasteiger partial charge on any atom is 0.171 e. The third-order valence-corrected chi connectivity index (χ3v) is 13.2. The van der Waals surface area contributed by atoms with Crippen LogP contribution in [0.4, 0.5) is 0 Å². The number of pyridine rings is 1. The summed E-state index contributed by atoms with van der Waals surface area (Å²) in [7, 11) is -3.15. The molecule has 0 aliphatic carbocycles. The zero-order valence-electron chi connectivity index (χ0n) is 27.5. The second-order valence-corrected chi connectivity index (χ2v) is 15.7. The Kier molecular flexibility index (Phi) is 6.68. The number of rotatable bonds is 5. The molecule has 8 aromatic carbocycles. The summed E-state index contributed by atoms with van der Waals surface area (Å²) in [6.07, 6.45) is 0. The van der Waals surface area contributed by atoms with Gasteiger partial charge in [-0.2, -0.15) is 0 Å².